The molecule has 2 nitrogen and oxygen atoms in total. The molecule has 1 saturated carbocycles. The molecule has 0 spiro atoms. The molecule has 1 aliphatic carbocycles. The van der Waals surface area contributed by atoms with Gasteiger partial charge in [-0.05, 0) is 42.9 Å². The molecule has 0 aliphatic heterocycles. The topological polar surface area (TPSA) is 21.3 Å². The average Bonchev–Trinajstić information content (AvgIpc) is 2.50. The summed E-state index contributed by atoms with van der Waals surface area (Å²) in [5, 5.41) is 3.48. The van der Waals surface area contributed by atoms with Crippen molar-refractivity contribution in [3.8, 4) is 0 Å². The standard InChI is InChI=1S/C18H29NO/c1-2-12-19-13-17-10-6-7-11-18(17)15-20-14-16-8-4-3-5-9-16/h6-7,10-11,16,19H,2-5,8-9,12-15H2,1H3. The lowest BCUT2D eigenvalue weighted by molar-refractivity contribution is 0.0735. The third-order valence-electron chi connectivity index (χ3n) is 4.20. The molecule has 1 aromatic rings. The van der Waals surface area contributed by atoms with Crippen LogP contribution in [0.5, 0.6) is 0 Å². The molecule has 1 aromatic carbocycles. The maximum atomic E-state index is 5.98. The Kier molecular flexibility index (Phi) is 7.10. The second-order valence-electron chi connectivity index (χ2n) is 5.96. The molecule has 2 heteroatoms. The van der Waals surface area contributed by atoms with E-state index in [1.54, 1.807) is 0 Å². The molecular weight excluding hydrogens is 246 g/mol. The van der Waals surface area contributed by atoms with Gasteiger partial charge in [-0.25, -0.2) is 0 Å². The Hall–Kier alpha value is -0.860. The van der Waals surface area contributed by atoms with Crippen LogP contribution in [0.4, 0.5) is 0 Å². The SMILES string of the molecule is CCCNCc1ccccc1COCC1CCCCC1. The maximum absolute atomic E-state index is 5.98. The number of nitrogens with one attached hydrogen (secondary N) is 1. The van der Waals surface area contributed by atoms with Crippen LogP contribution in [0.1, 0.15) is 56.6 Å². The Balaban J connectivity index is 1.76. The summed E-state index contributed by atoms with van der Waals surface area (Å²) in [4.78, 5) is 0. The average molecular weight is 275 g/mol. The minimum absolute atomic E-state index is 0.764. The van der Waals surface area contributed by atoms with E-state index in [9.17, 15) is 0 Å². The zero-order valence-electron chi connectivity index (χ0n) is 12.9. The molecule has 0 saturated heterocycles. The molecule has 0 unspecified atom stereocenters. The van der Waals surface area contributed by atoms with E-state index in [1.165, 1.54) is 49.7 Å². The Morgan fingerprint density at radius 3 is 2.60 bits per heavy atom. The van der Waals surface area contributed by atoms with E-state index in [0.29, 0.717) is 0 Å². The molecule has 2 rings (SSSR count). The van der Waals surface area contributed by atoms with Crippen molar-refractivity contribution in [2.75, 3.05) is 13.2 Å². The highest BCUT2D eigenvalue weighted by Crippen LogP contribution is 2.24. The zero-order valence-corrected chi connectivity index (χ0v) is 12.9. The molecule has 1 fully saturated rings. The minimum Gasteiger partial charge on any atom is -0.376 e. The van der Waals surface area contributed by atoms with E-state index >= 15 is 0 Å². The number of hydrogen-bond acceptors (Lipinski definition) is 2. The third kappa shape index (κ3) is 5.26. The number of benzene rings is 1. The highest BCUT2D eigenvalue weighted by molar-refractivity contribution is 5.26. The van der Waals surface area contributed by atoms with E-state index in [0.717, 1.165) is 32.2 Å². The van der Waals surface area contributed by atoms with Crippen LogP contribution < -0.4 is 5.32 Å². The largest absolute Gasteiger partial charge is 0.376 e. The first-order chi connectivity index (χ1) is 9.90. The van der Waals surface area contributed by atoms with Crippen LogP contribution in [0.25, 0.3) is 0 Å². The maximum Gasteiger partial charge on any atom is 0.0720 e. The quantitative estimate of drug-likeness (QED) is 0.715. The Bertz CT molecular complexity index is 371. The van der Waals surface area contributed by atoms with Crippen molar-refractivity contribution in [1.82, 2.24) is 5.32 Å². The lowest BCUT2D eigenvalue weighted by Gasteiger charge is -2.21. The normalized spacial score (nSPS) is 16.4. The van der Waals surface area contributed by atoms with Gasteiger partial charge >= 0.3 is 0 Å². The van der Waals surface area contributed by atoms with Gasteiger partial charge < -0.3 is 10.1 Å². The van der Waals surface area contributed by atoms with Gasteiger partial charge in [-0.3, -0.25) is 0 Å². The molecule has 0 amide bonds. The van der Waals surface area contributed by atoms with Crippen LogP contribution >= 0.6 is 0 Å². The monoisotopic (exact) mass is 275 g/mol. The van der Waals surface area contributed by atoms with E-state index in [2.05, 4.69) is 36.5 Å². The van der Waals surface area contributed by atoms with E-state index in [1.807, 2.05) is 0 Å². The molecule has 112 valence electrons. The minimum atomic E-state index is 0.764. The highest BCUT2D eigenvalue weighted by atomic mass is 16.5. The van der Waals surface area contributed by atoms with Gasteiger partial charge in [0, 0.05) is 13.2 Å². The summed E-state index contributed by atoms with van der Waals surface area (Å²) in [7, 11) is 0. The van der Waals surface area contributed by atoms with Gasteiger partial charge in [-0.15, -0.1) is 0 Å². The Labute approximate surface area is 123 Å². The van der Waals surface area contributed by atoms with Crippen LogP contribution in [0.15, 0.2) is 24.3 Å². The Morgan fingerprint density at radius 2 is 1.85 bits per heavy atom. The summed E-state index contributed by atoms with van der Waals surface area (Å²) in [6.07, 6.45) is 8.11. The Morgan fingerprint density at radius 1 is 1.10 bits per heavy atom. The summed E-state index contributed by atoms with van der Waals surface area (Å²) in [5.74, 6) is 0.800. The molecule has 0 aromatic heterocycles. The molecule has 1 aliphatic rings. The summed E-state index contributed by atoms with van der Waals surface area (Å²) >= 11 is 0. The van der Waals surface area contributed by atoms with Crippen molar-refractivity contribution in [1.29, 1.82) is 0 Å². The van der Waals surface area contributed by atoms with Crippen LogP contribution in [-0.2, 0) is 17.9 Å². The second kappa shape index (κ2) is 9.15. The third-order valence-corrected chi connectivity index (χ3v) is 4.20. The van der Waals surface area contributed by atoms with Crippen molar-refractivity contribution in [2.45, 2.75) is 58.6 Å². The molecule has 0 heterocycles. The van der Waals surface area contributed by atoms with Crippen molar-refractivity contribution in [3.05, 3.63) is 35.4 Å². The first-order valence-electron chi connectivity index (χ1n) is 8.25. The summed E-state index contributed by atoms with van der Waals surface area (Å²) < 4.78 is 5.98. The van der Waals surface area contributed by atoms with Crippen LogP contribution in [0.3, 0.4) is 0 Å². The lowest BCUT2D eigenvalue weighted by atomic mass is 9.90. The van der Waals surface area contributed by atoms with Gasteiger partial charge in [0.25, 0.3) is 0 Å². The lowest BCUT2D eigenvalue weighted by Crippen LogP contribution is -2.16. The smallest absolute Gasteiger partial charge is 0.0720 e. The van der Waals surface area contributed by atoms with Crippen molar-refractivity contribution in [2.24, 2.45) is 5.92 Å². The predicted octanol–water partition coefficient (Wildman–Crippen LogP) is 4.28. The number of hydrogen-bond donors (Lipinski definition) is 1. The zero-order chi connectivity index (χ0) is 14.0. The van der Waals surface area contributed by atoms with Crippen LogP contribution in [-0.4, -0.2) is 13.2 Å². The van der Waals surface area contributed by atoms with E-state index in [4.69, 9.17) is 4.74 Å². The summed E-state index contributed by atoms with van der Waals surface area (Å²) in [6.45, 7) is 5.94. The number of ether oxygens (including phenoxy) is 1. The van der Waals surface area contributed by atoms with Gasteiger partial charge in [-0.2, -0.15) is 0 Å². The molecule has 0 radical (unpaired) electrons. The van der Waals surface area contributed by atoms with Gasteiger partial charge in [0.2, 0.25) is 0 Å². The van der Waals surface area contributed by atoms with Crippen molar-refractivity contribution >= 4 is 0 Å². The fourth-order valence-corrected chi connectivity index (χ4v) is 2.96. The fraction of sp³-hybridized carbons (Fsp3) is 0.667. The van der Waals surface area contributed by atoms with Gasteiger partial charge in [0.15, 0.2) is 0 Å². The van der Waals surface area contributed by atoms with Crippen LogP contribution in [0.2, 0.25) is 0 Å². The van der Waals surface area contributed by atoms with E-state index in [-0.39, 0.29) is 0 Å². The first kappa shape index (κ1) is 15.5. The molecular formula is C18H29NO. The van der Waals surface area contributed by atoms with Crippen LogP contribution in [0, 0.1) is 5.92 Å². The number of rotatable bonds is 8. The molecule has 20 heavy (non-hydrogen) atoms. The molecule has 0 bridgehead atoms. The second-order valence-corrected chi connectivity index (χ2v) is 5.96. The van der Waals surface area contributed by atoms with E-state index < -0.39 is 0 Å². The van der Waals surface area contributed by atoms with Gasteiger partial charge in [0.1, 0.15) is 0 Å². The summed E-state index contributed by atoms with van der Waals surface area (Å²) in [6, 6.07) is 8.64. The van der Waals surface area contributed by atoms with Gasteiger partial charge in [-0.1, -0.05) is 50.5 Å². The molecule has 1 N–H and O–H groups in total. The highest BCUT2D eigenvalue weighted by Gasteiger charge is 2.13. The fourth-order valence-electron chi connectivity index (χ4n) is 2.96. The van der Waals surface area contributed by atoms with Gasteiger partial charge in [0.05, 0.1) is 6.61 Å². The van der Waals surface area contributed by atoms with Crippen molar-refractivity contribution in [3.63, 3.8) is 0 Å². The predicted molar refractivity (Wildman–Crippen MR) is 84.7 cm³/mol. The first-order valence-corrected chi connectivity index (χ1v) is 8.25. The summed E-state index contributed by atoms with van der Waals surface area (Å²) in [5.41, 5.74) is 2.72. The van der Waals surface area contributed by atoms with Crippen molar-refractivity contribution < 1.29 is 4.74 Å². The molecule has 0 atom stereocenters.